The van der Waals surface area contributed by atoms with E-state index in [0.29, 0.717) is 28.9 Å². The van der Waals surface area contributed by atoms with E-state index in [4.69, 9.17) is 5.26 Å². The average Bonchev–Trinajstić information content (AvgIpc) is 2.95. The van der Waals surface area contributed by atoms with Crippen LogP contribution in [-0.4, -0.2) is 35.1 Å². The van der Waals surface area contributed by atoms with Gasteiger partial charge in [-0.05, 0) is 42.8 Å². The maximum atomic E-state index is 12.3. The van der Waals surface area contributed by atoms with Crippen LogP contribution in [0.5, 0.6) is 0 Å². The topological polar surface area (TPSA) is 119 Å². The largest absolute Gasteiger partial charge is 0.326 e. The number of anilines is 2. The molecule has 8 nitrogen and oxygen atoms in total. The van der Waals surface area contributed by atoms with Gasteiger partial charge in [0.2, 0.25) is 11.8 Å². The number of imide groups is 1. The van der Waals surface area contributed by atoms with Crippen molar-refractivity contribution in [3.8, 4) is 6.07 Å². The number of hydrogen-bond acceptors (Lipinski definition) is 5. The number of amides is 4. The van der Waals surface area contributed by atoms with Crippen molar-refractivity contribution < 1.29 is 19.2 Å². The Labute approximate surface area is 167 Å². The highest BCUT2D eigenvalue weighted by atomic mass is 16.2. The average molecular weight is 390 g/mol. The van der Waals surface area contributed by atoms with Crippen LogP contribution in [0.1, 0.15) is 40.0 Å². The Balaban J connectivity index is 1.46. The van der Waals surface area contributed by atoms with Crippen LogP contribution in [0.2, 0.25) is 0 Å². The van der Waals surface area contributed by atoms with Crippen LogP contribution < -0.4 is 10.6 Å². The summed E-state index contributed by atoms with van der Waals surface area (Å²) in [5, 5.41) is 13.8. The van der Waals surface area contributed by atoms with Crippen LogP contribution >= 0.6 is 0 Å². The summed E-state index contributed by atoms with van der Waals surface area (Å²) >= 11 is 0. The van der Waals surface area contributed by atoms with E-state index >= 15 is 0 Å². The van der Waals surface area contributed by atoms with Crippen molar-refractivity contribution >= 4 is 35.0 Å². The zero-order valence-electron chi connectivity index (χ0n) is 15.5. The Morgan fingerprint density at radius 2 is 1.38 bits per heavy atom. The zero-order valence-corrected chi connectivity index (χ0v) is 15.5. The Kier molecular flexibility index (Phi) is 6.00. The van der Waals surface area contributed by atoms with Gasteiger partial charge in [-0.2, -0.15) is 5.26 Å². The van der Waals surface area contributed by atoms with E-state index in [0.717, 1.165) is 4.90 Å². The second-order valence-electron chi connectivity index (χ2n) is 6.42. The highest BCUT2D eigenvalue weighted by Gasteiger charge is 2.34. The number of benzene rings is 2. The van der Waals surface area contributed by atoms with Crippen molar-refractivity contribution in [2.75, 3.05) is 17.2 Å². The molecule has 4 amide bonds. The first kappa shape index (κ1) is 19.8. The van der Waals surface area contributed by atoms with Gasteiger partial charge in [-0.15, -0.1) is 0 Å². The molecule has 0 aromatic heterocycles. The molecule has 146 valence electrons. The van der Waals surface area contributed by atoms with Gasteiger partial charge in [0.1, 0.15) is 6.42 Å². The molecular weight excluding hydrogens is 372 g/mol. The fraction of sp³-hybridized carbons (Fsp3) is 0.190. The third-order valence-electron chi connectivity index (χ3n) is 4.36. The number of nitrogens with one attached hydrogen (secondary N) is 2. The summed E-state index contributed by atoms with van der Waals surface area (Å²) in [5.74, 6) is -1.32. The van der Waals surface area contributed by atoms with Gasteiger partial charge in [0.25, 0.3) is 11.8 Å². The third kappa shape index (κ3) is 4.65. The molecule has 0 saturated heterocycles. The summed E-state index contributed by atoms with van der Waals surface area (Å²) in [4.78, 5) is 49.2. The number of hydrogen-bond donors (Lipinski definition) is 2. The van der Waals surface area contributed by atoms with Gasteiger partial charge in [0.15, 0.2) is 0 Å². The number of carbonyl (C=O) groups is 4. The zero-order chi connectivity index (χ0) is 20.8. The molecule has 0 spiro atoms. The fourth-order valence-electron chi connectivity index (χ4n) is 2.98. The number of nitrogens with zero attached hydrogens (tertiary/aromatic N) is 2. The molecule has 1 aliphatic heterocycles. The van der Waals surface area contributed by atoms with E-state index in [-0.39, 0.29) is 37.1 Å². The maximum absolute atomic E-state index is 12.3. The van der Waals surface area contributed by atoms with Gasteiger partial charge in [-0.1, -0.05) is 12.1 Å². The summed E-state index contributed by atoms with van der Waals surface area (Å²) in [6.45, 7) is 0.170. The minimum atomic E-state index is -0.405. The molecule has 0 bridgehead atoms. The van der Waals surface area contributed by atoms with Gasteiger partial charge >= 0.3 is 0 Å². The first-order chi connectivity index (χ1) is 14.0. The van der Waals surface area contributed by atoms with Crippen molar-refractivity contribution in [3.63, 3.8) is 0 Å². The number of nitriles is 1. The molecule has 0 atom stereocenters. The second-order valence-corrected chi connectivity index (χ2v) is 6.42. The van der Waals surface area contributed by atoms with E-state index in [2.05, 4.69) is 10.6 Å². The van der Waals surface area contributed by atoms with Crippen molar-refractivity contribution in [2.45, 2.75) is 19.3 Å². The van der Waals surface area contributed by atoms with Gasteiger partial charge in [0, 0.05) is 24.3 Å². The predicted molar refractivity (Wildman–Crippen MR) is 105 cm³/mol. The second kappa shape index (κ2) is 8.80. The SMILES string of the molecule is N#CCC(=O)Nc1ccc(NC(=O)CCCN2C(=O)c3ccccc3C2=O)cc1. The third-order valence-corrected chi connectivity index (χ3v) is 4.36. The van der Waals surface area contributed by atoms with Crippen LogP contribution in [0.4, 0.5) is 11.4 Å². The highest BCUT2D eigenvalue weighted by Crippen LogP contribution is 2.22. The quantitative estimate of drug-likeness (QED) is 0.704. The normalized spacial score (nSPS) is 12.3. The lowest BCUT2D eigenvalue weighted by Crippen LogP contribution is -2.31. The lowest BCUT2D eigenvalue weighted by Gasteiger charge is -2.13. The molecule has 0 radical (unpaired) electrons. The molecule has 1 aliphatic rings. The summed E-state index contributed by atoms with van der Waals surface area (Å²) in [7, 11) is 0. The van der Waals surface area contributed by atoms with E-state index in [1.54, 1.807) is 54.6 Å². The molecule has 8 heteroatoms. The Hall–Kier alpha value is -3.99. The Bertz CT molecular complexity index is 973. The molecule has 0 saturated carbocycles. The Morgan fingerprint density at radius 1 is 0.862 bits per heavy atom. The van der Waals surface area contributed by atoms with Gasteiger partial charge in [-0.25, -0.2) is 0 Å². The fourth-order valence-corrected chi connectivity index (χ4v) is 2.98. The van der Waals surface area contributed by atoms with Crippen LogP contribution in [-0.2, 0) is 9.59 Å². The lowest BCUT2D eigenvalue weighted by molar-refractivity contribution is -0.116. The van der Waals surface area contributed by atoms with Gasteiger partial charge < -0.3 is 10.6 Å². The molecule has 0 aliphatic carbocycles. The molecule has 2 N–H and O–H groups in total. The molecule has 3 rings (SSSR count). The standard InChI is InChI=1S/C21H18N4O4/c22-12-11-19(27)24-15-9-7-14(8-10-15)23-18(26)6-3-13-25-20(28)16-4-1-2-5-17(16)21(25)29/h1-2,4-5,7-10H,3,6,11,13H2,(H,23,26)(H,24,27). The molecule has 1 heterocycles. The highest BCUT2D eigenvalue weighted by molar-refractivity contribution is 6.21. The minimum absolute atomic E-state index is 0.147. The predicted octanol–water partition coefficient (Wildman–Crippen LogP) is 2.55. The number of fused-ring (bicyclic) bond motifs is 1. The van der Waals surface area contributed by atoms with Crippen LogP contribution in [0.15, 0.2) is 48.5 Å². The van der Waals surface area contributed by atoms with Gasteiger partial charge in [0.05, 0.1) is 17.2 Å². The first-order valence-corrected chi connectivity index (χ1v) is 9.01. The summed E-state index contributed by atoms with van der Waals surface area (Å²) in [6, 6.07) is 14.9. The minimum Gasteiger partial charge on any atom is -0.326 e. The van der Waals surface area contributed by atoms with E-state index in [1.807, 2.05) is 0 Å². The molecule has 29 heavy (non-hydrogen) atoms. The molecular formula is C21H18N4O4. The Morgan fingerprint density at radius 3 is 1.90 bits per heavy atom. The van der Waals surface area contributed by atoms with Crippen LogP contribution in [0, 0.1) is 11.3 Å². The molecule has 2 aromatic carbocycles. The summed E-state index contributed by atoms with van der Waals surface area (Å²) in [6.07, 6.45) is 0.263. The molecule has 0 unspecified atom stereocenters. The van der Waals surface area contributed by atoms with Crippen molar-refractivity contribution in [1.82, 2.24) is 4.90 Å². The number of rotatable bonds is 7. The van der Waals surface area contributed by atoms with Crippen molar-refractivity contribution in [2.24, 2.45) is 0 Å². The lowest BCUT2D eigenvalue weighted by atomic mass is 10.1. The van der Waals surface area contributed by atoms with E-state index in [9.17, 15) is 19.2 Å². The van der Waals surface area contributed by atoms with Crippen molar-refractivity contribution in [3.05, 3.63) is 59.7 Å². The van der Waals surface area contributed by atoms with Crippen LogP contribution in [0.3, 0.4) is 0 Å². The molecule has 2 aromatic rings. The first-order valence-electron chi connectivity index (χ1n) is 9.01. The van der Waals surface area contributed by atoms with E-state index in [1.165, 1.54) is 0 Å². The monoisotopic (exact) mass is 390 g/mol. The summed E-state index contributed by atoms with van der Waals surface area (Å²) < 4.78 is 0. The number of carbonyl (C=O) groups excluding carboxylic acids is 4. The maximum Gasteiger partial charge on any atom is 0.261 e. The molecule has 0 fully saturated rings. The summed E-state index contributed by atoms with van der Waals surface area (Å²) in [5.41, 5.74) is 1.86. The van der Waals surface area contributed by atoms with Crippen molar-refractivity contribution in [1.29, 1.82) is 5.26 Å². The van der Waals surface area contributed by atoms with Crippen LogP contribution in [0.25, 0.3) is 0 Å². The van der Waals surface area contributed by atoms with Gasteiger partial charge in [-0.3, -0.25) is 24.1 Å². The smallest absolute Gasteiger partial charge is 0.261 e. The van der Waals surface area contributed by atoms with E-state index < -0.39 is 5.91 Å².